The fourth-order valence-corrected chi connectivity index (χ4v) is 0.966. The Balaban J connectivity index is 2.86. The first-order valence-corrected chi connectivity index (χ1v) is 4.62. The monoisotopic (exact) mass is 244 g/mol. The summed E-state index contributed by atoms with van der Waals surface area (Å²) >= 11 is 11.0. The van der Waals surface area contributed by atoms with E-state index in [0.29, 0.717) is 5.56 Å². The standard InChI is InChI=1S/C9H6Cl2N2O2/c10-7(6-4-2-1-3-5-6)12-13-8(11)9(14)15/h1-5H,(H,14,15). The van der Waals surface area contributed by atoms with E-state index in [-0.39, 0.29) is 5.17 Å². The lowest BCUT2D eigenvalue weighted by atomic mass is 10.2. The summed E-state index contributed by atoms with van der Waals surface area (Å²) in [6.45, 7) is 0. The molecule has 0 heterocycles. The van der Waals surface area contributed by atoms with Crippen LogP contribution in [0.2, 0.25) is 0 Å². The second-order valence-corrected chi connectivity index (χ2v) is 3.17. The molecule has 0 amide bonds. The van der Waals surface area contributed by atoms with Crippen molar-refractivity contribution >= 4 is 39.5 Å². The van der Waals surface area contributed by atoms with Gasteiger partial charge in [0.2, 0.25) is 5.17 Å². The predicted octanol–water partition coefficient (Wildman–Crippen LogP) is 2.31. The summed E-state index contributed by atoms with van der Waals surface area (Å²) in [5.74, 6) is -1.35. The maximum Gasteiger partial charge on any atom is 0.368 e. The maximum atomic E-state index is 10.3. The van der Waals surface area contributed by atoms with Gasteiger partial charge in [-0.05, 0) is 0 Å². The average Bonchev–Trinajstić information content (AvgIpc) is 2.26. The third kappa shape index (κ3) is 3.69. The number of hydrogen-bond acceptors (Lipinski definition) is 3. The molecule has 0 bridgehead atoms. The van der Waals surface area contributed by atoms with Gasteiger partial charge in [-0.1, -0.05) is 53.5 Å². The molecule has 0 aliphatic rings. The van der Waals surface area contributed by atoms with Crippen molar-refractivity contribution in [2.45, 2.75) is 0 Å². The highest BCUT2D eigenvalue weighted by Gasteiger charge is 2.04. The third-order valence-corrected chi connectivity index (χ3v) is 1.95. The van der Waals surface area contributed by atoms with Gasteiger partial charge in [-0.2, -0.15) is 0 Å². The minimum absolute atomic E-state index is 0.0787. The molecule has 0 fully saturated rings. The van der Waals surface area contributed by atoms with Crippen LogP contribution in [0.1, 0.15) is 5.56 Å². The molecule has 1 rings (SSSR count). The van der Waals surface area contributed by atoms with Crippen molar-refractivity contribution in [1.29, 1.82) is 0 Å². The van der Waals surface area contributed by atoms with Crippen LogP contribution in [0.25, 0.3) is 0 Å². The van der Waals surface area contributed by atoms with Crippen LogP contribution in [0.3, 0.4) is 0 Å². The summed E-state index contributed by atoms with van der Waals surface area (Å²) in [4.78, 5) is 10.3. The number of carboxylic acids is 1. The Morgan fingerprint density at radius 1 is 1.13 bits per heavy atom. The molecule has 0 aliphatic heterocycles. The van der Waals surface area contributed by atoms with E-state index in [0.717, 1.165) is 0 Å². The van der Waals surface area contributed by atoms with Crippen molar-refractivity contribution in [2.75, 3.05) is 0 Å². The molecule has 1 aromatic rings. The Labute approximate surface area is 95.8 Å². The molecule has 4 nitrogen and oxygen atoms in total. The Hall–Kier alpha value is -1.39. The fourth-order valence-electron chi connectivity index (χ4n) is 0.764. The first-order chi connectivity index (χ1) is 7.11. The normalized spacial score (nSPS) is 12.7. The molecule has 6 heteroatoms. The molecule has 0 saturated heterocycles. The van der Waals surface area contributed by atoms with Crippen molar-refractivity contribution in [2.24, 2.45) is 10.2 Å². The van der Waals surface area contributed by atoms with Crippen LogP contribution in [0.5, 0.6) is 0 Å². The zero-order chi connectivity index (χ0) is 11.3. The highest BCUT2D eigenvalue weighted by molar-refractivity contribution is 6.81. The van der Waals surface area contributed by atoms with E-state index in [1.165, 1.54) is 0 Å². The van der Waals surface area contributed by atoms with Crippen LogP contribution in [-0.4, -0.2) is 21.4 Å². The summed E-state index contributed by atoms with van der Waals surface area (Å²) in [6.07, 6.45) is 0. The number of nitrogens with zero attached hydrogens (tertiary/aromatic N) is 2. The van der Waals surface area contributed by atoms with Gasteiger partial charge in [0.25, 0.3) is 0 Å². The zero-order valence-electron chi connectivity index (χ0n) is 7.39. The number of aliphatic carboxylic acids is 1. The van der Waals surface area contributed by atoms with Crippen LogP contribution in [-0.2, 0) is 4.79 Å². The number of benzene rings is 1. The number of hydrogen-bond donors (Lipinski definition) is 1. The van der Waals surface area contributed by atoms with Gasteiger partial charge in [0.15, 0.2) is 5.17 Å². The number of rotatable bonds is 3. The molecule has 0 aromatic heterocycles. The van der Waals surface area contributed by atoms with E-state index in [1.54, 1.807) is 24.3 Å². The molecule has 0 atom stereocenters. The second kappa shape index (κ2) is 5.48. The number of carbonyl (C=O) groups is 1. The van der Waals surface area contributed by atoms with Gasteiger partial charge in [0, 0.05) is 5.56 Å². The summed E-state index contributed by atoms with van der Waals surface area (Å²) in [5, 5.41) is 14.5. The molecule has 0 spiro atoms. The molecule has 0 unspecified atom stereocenters. The summed E-state index contributed by atoms with van der Waals surface area (Å²) in [7, 11) is 0. The van der Waals surface area contributed by atoms with Crippen molar-refractivity contribution in [3.63, 3.8) is 0 Å². The Kier molecular flexibility index (Phi) is 4.27. The first-order valence-electron chi connectivity index (χ1n) is 3.86. The first kappa shape index (κ1) is 11.7. The highest BCUT2D eigenvalue weighted by Crippen LogP contribution is 2.05. The molecular weight excluding hydrogens is 239 g/mol. The summed E-state index contributed by atoms with van der Waals surface area (Å²) in [5.41, 5.74) is 0.637. The molecule has 0 aliphatic carbocycles. The quantitative estimate of drug-likeness (QED) is 0.656. The predicted molar refractivity (Wildman–Crippen MR) is 59.8 cm³/mol. The smallest absolute Gasteiger partial charge is 0.368 e. The lowest BCUT2D eigenvalue weighted by Gasteiger charge is -1.94. The van der Waals surface area contributed by atoms with Gasteiger partial charge in [-0.15, -0.1) is 10.2 Å². The average molecular weight is 245 g/mol. The summed E-state index contributed by atoms with van der Waals surface area (Å²) < 4.78 is 0. The van der Waals surface area contributed by atoms with E-state index in [9.17, 15) is 4.79 Å². The SMILES string of the molecule is O=C(O)C(Cl)=NN=C(Cl)c1ccccc1. The highest BCUT2D eigenvalue weighted by atomic mass is 35.5. The minimum atomic E-state index is -1.35. The van der Waals surface area contributed by atoms with Gasteiger partial charge >= 0.3 is 5.97 Å². The fraction of sp³-hybridized carbons (Fsp3) is 0. The lowest BCUT2D eigenvalue weighted by Crippen LogP contribution is -2.04. The number of carboxylic acid groups (broad SMARTS) is 1. The van der Waals surface area contributed by atoms with Crippen LogP contribution in [0.15, 0.2) is 40.5 Å². The van der Waals surface area contributed by atoms with Gasteiger partial charge in [-0.25, -0.2) is 4.79 Å². The van der Waals surface area contributed by atoms with E-state index < -0.39 is 11.1 Å². The second-order valence-electron chi connectivity index (χ2n) is 2.45. The Morgan fingerprint density at radius 2 is 1.73 bits per heavy atom. The minimum Gasteiger partial charge on any atom is -0.476 e. The largest absolute Gasteiger partial charge is 0.476 e. The van der Waals surface area contributed by atoms with Gasteiger partial charge < -0.3 is 5.11 Å². The Morgan fingerprint density at radius 3 is 2.27 bits per heavy atom. The van der Waals surface area contributed by atoms with Crippen LogP contribution in [0.4, 0.5) is 0 Å². The van der Waals surface area contributed by atoms with Crippen LogP contribution < -0.4 is 0 Å². The van der Waals surface area contributed by atoms with Crippen LogP contribution in [0, 0.1) is 0 Å². The van der Waals surface area contributed by atoms with Crippen molar-refractivity contribution in [1.82, 2.24) is 0 Å². The van der Waals surface area contributed by atoms with E-state index in [4.69, 9.17) is 28.3 Å². The van der Waals surface area contributed by atoms with Crippen molar-refractivity contribution in [3.05, 3.63) is 35.9 Å². The molecule has 0 saturated carbocycles. The van der Waals surface area contributed by atoms with Gasteiger partial charge in [0.1, 0.15) is 0 Å². The molecule has 1 aromatic carbocycles. The molecule has 15 heavy (non-hydrogen) atoms. The van der Waals surface area contributed by atoms with E-state index in [2.05, 4.69) is 10.2 Å². The third-order valence-electron chi connectivity index (χ3n) is 1.41. The van der Waals surface area contributed by atoms with Gasteiger partial charge in [0.05, 0.1) is 0 Å². The summed E-state index contributed by atoms with van der Waals surface area (Å²) in [6, 6.07) is 8.80. The lowest BCUT2D eigenvalue weighted by molar-refractivity contribution is -0.129. The Bertz CT molecular complexity index is 415. The van der Waals surface area contributed by atoms with Crippen molar-refractivity contribution in [3.8, 4) is 0 Å². The molecular formula is C9H6Cl2N2O2. The van der Waals surface area contributed by atoms with E-state index in [1.807, 2.05) is 6.07 Å². The van der Waals surface area contributed by atoms with Gasteiger partial charge in [-0.3, -0.25) is 0 Å². The zero-order valence-corrected chi connectivity index (χ0v) is 8.90. The van der Waals surface area contributed by atoms with E-state index >= 15 is 0 Å². The molecule has 78 valence electrons. The van der Waals surface area contributed by atoms with Crippen molar-refractivity contribution < 1.29 is 9.90 Å². The molecule has 1 N–H and O–H groups in total. The molecule has 0 radical (unpaired) electrons. The number of halogens is 2. The topological polar surface area (TPSA) is 62.0 Å². The van der Waals surface area contributed by atoms with Crippen LogP contribution >= 0.6 is 23.2 Å². The maximum absolute atomic E-state index is 10.3.